The molecule has 2 rings (SSSR count). The Balaban J connectivity index is 1.71. The lowest BCUT2D eigenvalue weighted by molar-refractivity contribution is -0.121. The molecule has 1 aliphatic heterocycles. The molecule has 1 fully saturated rings. The highest BCUT2D eigenvalue weighted by Gasteiger charge is 2.18. The number of likely N-dealkylation sites (tertiary alicyclic amines) is 1. The van der Waals surface area contributed by atoms with E-state index in [1.165, 1.54) is 19.4 Å². The minimum Gasteiger partial charge on any atom is -0.350 e. The number of hydrogen-bond acceptors (Lipinski definition) is 4. The van der Waals surface area contributed by atoms with Crippen LogP contribution in [0.5, 0.6) is 0 Å². The largest absolute Gasteiger partial charge is 0.350 e. The highest BCUT2D eigenvalue weighted by Crippen LogP contribution is 2.19. The maximum atomic E-state index is 12.0. The first kappa shape index (κ1) is 16.4. The van der Waals surface area contributed by atoms with E-state index in [2.05, 4.69) is 22.2 Å². The first-order chi connectivity index (χ1) is 10.1. The van der Waals surface area contributed by atoms with E-state index in [1.807, 2.05) is 24.1 Å². The van der Waals surface area contributed by atoms with Crippen molar-refractivity contribution in [2.45, 2.75) is 37.4 Å². The van der Waals surface area contributed by atoms with E-state index in [-0.39, 0.29) is 5.91 Å². The van der Waals surface area contributed by atoms with Gasteiger partial charge >= 0.3 is 0 Å². The third-order valence-electron chi connectivity index (χ3n) is 4.19. The number of thioether (sulfide) groups is 1. The minimum absolute atomic E-state index is 0.148. The second-order valence-electron chi connectivity index (χ2n) is 5.88. The third kappa shape index (κ3) is 4.74. The molecule has 0 spiro atoms. The summed E-state index contributed by atoms with van der Waals surface area (Å²) in [4.78, 5) is 18.6. The van der Waals surface area contributed by atoms with Crippen molar-refractivity contribution in [2.24, 2.45) is 13.0 Å². The summed E-state index contributed by atoms with van der Waals surface area (Å²) < 4.78 is 2.03. The SMILES string of the molecule is CSc1ncc(CNC(=O)CC[C@@H]2CCCN(C)C2)n1C. The number of carbonyl (C=O) groups excluding carboxylic acids is 1. The Bertz CT molecular complexity index is 474. The van der Waals surface area contributed by atoms with Crippen LogP contribution in [0.25, 0.3) is 0 Å². The van der Waals surface area contributed by atoms with Crippen molar-refractivity contribution in [3.8, 4) is 0 Å². The highest BCUT2D eigenvalue weighted by molar-refractivity contribution is 7.98. The summed E-state index contributed by atoms with van der Waals surface area (Å²) in [6, 6.07) is 0. The third-order valence-corrected chi connectivity index (χ3v) is 4.94. The van der Waals surface area contributed by atoms with Crippen LogP contribution in [-0.4, -0.2) is 46.8 Å². The molecule has 1 saturated heterocycles. The molecule has 1 aromatic heterocycles. The van der Waals surface area contributed by atoms with Crippen molar-refractivity contribution in [3.05, 3.63) is 11.9 Å². The van der Waals surface area contributed by atoms with Crippen molar-refractivity contribution in [1.82, 2.24) is 19.8 Å². The van der Waals surface area contributed by atoms with E-state index in [0.29, 0.717) is 18.9 Å². The van der Waals surface area contributed by atoms with E-state index in [4.69, 9.17) is 0 Å². The van der Waals surface area contributed by atoms with Gasteiger partial charge in [-0.2, -0.15) is 0 Å². The highest BCUT2D eigenvalue weighted by atomic mass is 32.2. The molecule has 1 amide bonds. The Kier molecular flexibility index (Phi) is 6.11. The van der Waals surface area contributed by atoms with Gasteiger partial charge in [0.25, 0.3) is 0 Å². The molecule has 1 aromatic rings. The number of hydrogen-bond donors (Lipinski definition) is 1. The van der Waals surface area contributed by atoms with Crippen molar-refractivity contribution in [2.75, 3.05) is 26.4 Å². The van der Waals surface area contributed by atoms with Crippen LogP contribution < -0.4 is 5.32 Å². The molecule has 1 aliphatic rings. The van der Waals surface area contributed by atoms with Crippen molar-refractivity contribution in [3.63, 3.8) is 0 Å². The van der Waals surface area contributed by atoms with Gasteiger partial charge in [-0.3, -0.25) is 4.79 Å². The Morgan fingerprint density at radius 3 is 3.00 bits per heavy atom. The van der Waals surface area contributed by atoms with Crippen LogP contribution in [0.2, 0.25) is 0 Å². The molecule has 1 N–H and O–H groups in total. The quantitative estimate of drug-likeness (QED) is 0.815. The van der Waals surface area contributed by atoms with Crippen LogP contribution in [0, 0.1) is 5.92 Å². The molecule has 0 unspecified atom stereocenters. The first-order valence-corrected chi connectivity index (χ1v) is 8.82. The first-order valence-electron chi connectivity index (χ1n) is 7.60. The van der Waals surface area contributed by atoms with Gasteiger partial charge in [-0.05, 0) is 45.0 Å². The number of piperidine rings is 1. The van der Waals surface area contributed by atoms with Gasteiger partial charge in [0.1, 0.15) is 0 Å². The second-order valence-corrected chi connectivity index (χ2v) is 6.65. The van der Waals surface area contributed by atoms with Gasteiger partial charge in [-0.15, -0.1) is 0 Å². The zero-order chi connectivity index (χ0) is 15.2. The maximum absolute atomic E-state index is 12.0. The number of amides is 1. The molecular weight excluding hydrogens is 284 g/mol. The Morgan fingerprint density at radius 1 is 1.52 bits per heavy atom. The summed E-state index contributed by atoms with van der Waals surface area (Å²) >= 11 is 1.61. The summed E-state index contributed by atoms with van der Waals surface area (Å²) in [5, 5.41) is 3.98. The van der Waals surface area contributed by atoms with E-state index in [1.54, 1.807) is 11.8 Å². The molecule has 2 heterocycles. The van der Waals surface area contributed by atoms with Gasteiger partial charge in [0.15, 0.2) is 5.16 Å². The summed E-state index contributed by atoms with van der Waals surface area (Å²) in [7, 11) is 4.15. The predicted octanol–water partition coefficient (Wildman–Crippen LogP) is 1.88. The van der Waals surface area contributed by atoms with Crippen molar-refractivity contribution >= 4 is 17.7 Å². The van der Waals surface area contributed by atoms with E-state index in [0.717, 1.165) is 23.8 Å². The number of aromatic nitrogens is 2. The average Bonchev–Trinajstić information content (AvgIpc) is 2.83. The smallest absolute Gasteiger partial charge is 0.220 e. The van der Waals surface area contributed by atoms with Crippen molar-refractivity contribution < 1.29 is 4.79 Å². The lowest BCUT2D eigenvalue weighted by Crippen LogP contribution is -2.33. The molecular formula is C15H26N4OS. The normalized spacial score (nSPS) is 19.7. The lowest BCUT2D eigenvalue weighted by atomic mass is 9.93. The standard InChI is InChI=1S/C15H26N4OS/c1-18-8-4-5-12(11-18)6-7-14(20)16-9-13-10-17-15(21-3)19(13)2/h10,12H,4-9,11H2,1-3H3,(H,16,20)/t12-/m0/s1. The second kappa shape index (κ2) is 7.84. The Labute approximate surface area is 131 Å². The molecule has 21 heavy (non-hydrogen) atoms. The van der Waals surface area contributed by atoms with Gasteiger partial charge in [0.05, 0.1) is 18.4 Å². The fourth-order valence-corrected chi connectivity index (χ4v) is 3.45. The van der Waals surface area contributed by atoms with Gasteiger partial charge < -0.3 is 14.8 Å². The topological polar surface area (TPSA) is 50.2 Å². The molecule has 0 saturated carbocycles. The average molecular weight is 310 g/mol. The van der Waals surface area contributed by atoms with E-state index >= 15 is 0 Å². The fourth-order valence-electron chi connectivity index (χ4n) is 2.90. The number of nitrogens with zero attached hydrogens (tertiary/aromatic N) is 3. The molecule has 0 bridgehead atoms. The minimum atomic E-state index is 0.148. The van der Waals surface area contributed by atoms with Gasteiger partial charge in [-0.25, -0.2) is 4.98 Å². The molecule has 0 radical (unpaired) electrons. The van der Waals surface area contributed by atoms with Crippen LogP contribution >= 0.6 is 11.8 Å². The molecule has 118 valence electrons. The lowest BCUT2D eigenvalue weighted by Gasteiger charge is -2.29. The van der Waals surface area contributed by atoms with E-state index in [9.17, 15) is 4.79 Å². The van der Waals surface area contributed by atoms with Gasteiger partial charge in [0, 0.05) is 20.0 Å². The summed E-state index contributed by atoms with van der Waals surface area (Å²) in [5.74, 6) is 0.824. The molecule has 0 aliphatic carbocycles. The number of nitrogens with one attached hydrogen (secondary N) is 1. The van der Waals surface area contributed by atoms with Crippen LogP contribution in [0.15, 0.2) is 11.4 Å². The monoisotopic (exact) mass is 310 g/mol. The number of rotatable bonds is 6. The van der Waals surface area contributed by atoms with Crippen molar-refractivity contribution in [1.29, 1.82) is 0 Å². The molecule has 1 atom stereocenters. The zero-order valence-electron chi connectivity index (χ0n) is 13.3. The predicted molar refractivity (Wildman–Crippen MR) is 86.3 cm³/mol. The van der Waals surface area contributed by atoms with Crippen LogP contribution in [0.4, 0.5) is 0 Å². The number of carbonyl (C=O) groups is 1. The molecule has 6 heteroatoms. The maximum Gasteiger partial charge on any atom is 0.220 e. The Morgan fingerprint density at radius 2 is 2.33 bits per heavy atom. The van der Waals surface area contributed by atoms with Crippen LogP contribution in [0.1, 0.15) is 31.4 Å². The van der Waals surface area contributed by atoms with Gasteiger partial charge in [0.2, 0.25) is 5.91 Å². The van der Waals surface area contributed by atoms with Crippen LogP contribution in [0.3, 0.4) is 0 Å². The van der Waals surface area contributed by atoms with Gasteiger partial charge in [-0.1, -0.05) is 11.8 Å². The fraction of sp³-hybridized carbons (Fsp3) is 0.733. The van der Waals surface area contributed by atoms with Crippen LogP contribution in [-0.2, 0) is 18.4 Å². The Hall–Kier alpha value is -1.01. The zero-order valence-corrected chi connectivity index (χ0v) is 14.1. The summed E-state index contributed by atoms with van der Waals surface area (Å²) in [5.41, 5.74) is 1.05. The summed E-state index contributed by atoms with van der Waals surface area (Å²) in [6.45, 7) is 2.89. The number of imidazole rings is 1. The summed E-state index contributed by atoms with van der Waals surface area (Å²) in [6.07, 6.45) is 7.99. The molecule has 0 aromatic carbocycles. The van der Waals surface area contributed by atoms with E-state index < -0.39 is 0 Å². The molecule has 5 nitrogen and oxygen atoms in total.